The lowest BCUT2D eigenvalue weighted by molar-refractivity contribution is -0.141. The van der Waals surface area contributed by atoms with Crippen molar-refractivity contribution in [1.29, 1.82) is 0 Å². The van der Waals surface area contributed by atoms with Crippen LogP contribution >= 0.6 is 0 Å². The van der Waals surface area contributed by atoms with Gasteiger partial charge in [0.2, 0.25) is 0 Å². The SMILES string of the molecule is COC(=O)CCC1=C(C)C2=NC1=CC1=NC(=CC3=NC(=Cc4[nH]c(/c(=C(/C)O)c4C)=C2)C(C(C)=O)=C3C)C(C)=C1CCC(=O)OC. The van der Waals surface area contributed by atoms with Gasteiger partial charge in [-0.05, 0) is 112 Å². The number of carbonyl (C=O) groups excluding carboxylic acids is 3. The third-order valence-corrected chi connectivity index (χ3v) is 8.78. The van der Waals surface area contributed by atoms with E-state index >= 15 is 0 Å². The molecular formula is C36H38N4O6. The van der Waals surface area contributed by atoms with Crippen molar-refractivity contribution in [3.05, 3.63) is 84.5 Å². The quantitative estimate of drug-likeness (QED) is 0.422. The van der Waals surface area contributed by atoms with E-state index in [1.165, 1.54) is 21.1 Å². The molecule has 1 aromatic heterocycles. The Kier molecular flexibility index (Phi) is 8.92. The zero-order valence-electron chi connectivity index (χ0n) is 27.5. The third kappa shape index (κ3) is 5.94. The number of rotatable bonds is 7. The van der Waals surface area contributed by atoms with E-state index in [0.717, 1.165) is 33.4 Å². The van der Waals surface area contributed by atoms with Crippen molar-refractivity contribution in [2.45, 2.75) is 67.2 Å². The Balaban J connectivity index is 1.83. The second-order valence-corrected chi connectivity index (χ2v) is 11.7. The first-order valence-corrected chi connectivity index (χ1v) is 15.1. The first kappa shape index (κ1) is 32.3. The van der Waals surface area contributed by atoms with E-state index in [2.05, 4.69) is 4.98 Å². The van der Waals surface area contributed by atoms with Crippen molar-refractivity contribution in [1.82, 2.24) is 4.98 Å². The molecule has 8 bridgehead atoms. The molecule has 10 nitrogen and oxygen atoms in total. The third-order valence-electron chi connectivity index (χ3n) is 8.78. The Labute approximate surface area is 267 Å². The molecule has 5 heterocycles. The lowest BCUT2D eigenvalue weighted by Gasteiger charge is -2.08. The molecule has 2 N–H and O–H groups in total. The van der Waals surface area contributed by atoms with Crippen molar-refractivity contribution < 1.29 is 29.0 Å². The van der Waals surface area contributed by atoms with E-state index < -0.39 is 0 Å². The molecule has 0 saturated heterocycles. The van der Waals surface area contributed by atoms with E-state index in [0.29, 0.717) is 68.9 Å². The van der Waals surface area contributed by atoms with Crippen LogP contribution in [0.4, 0.5) is 0 Å². The molecule has 0 amide bonds. The maximum Gasteiger partial charge on any atom is 0.305 e. The summed E-state index contributed by atoms with van der Waals surface area (Å²) in [5.74, 6) is -0.646. The number of hydrogen-bond donors (Lipinski definition) is 2. The minimum atomic E-state index is -0.333. The summed E-state index contributed by atoms with van der Waals surface area (Å²) in [6, 6.07) is 0. The summed E-state index contributed by atoms with van der Waals surface area (Å²) >= 11 is 0. The number of hydrogen-bond acceptors (Lipinski definition) is 9. The van der Waals surface area contributed by atoms with Gasteiger partial charge in [0.15, 0.2) is 5.78 Å². The van der Waals surface area contributed by atoms with Crippen LogP contribution in [0.2, 0.25) is 0 Å². The van der Waals surface area contributed by atoms with Crippen LogP contribution in [0, 0.1) is 6.92 Å². The fourth-order valence-electron chi connectivity index (χ4n) is 6.23. The Bertz CT molecular complexity index is 2010. The Morgan fingerprint density at radius 2 is 1.28 bits per heavy atom. The van der Waals surface area contributed by atoms with Gasteiger partial charge >= 0.3 is 11.9 Å². The van der Waals surface area contributed by atoms with Crippen molar-refractivity contribution in [2.24, 2.45) is 15.0 Å². The number of aliphatic hydroxyl groups is 1. The van der Waals surface area contributed by atoms with Gasteiger partial charge in [-0.15, -0.1) is 0 Å². The number of nitrogens with zero attached hydrogens (tertiary/aromatic N) is 3. The highest BCUT2D eigenvalue weighted by molar-refractivity contribution is 6.24. The van der Waals surface area contributed by atoms with Crippen LogP contribution < -0.4 is 10.6 Å². The highest BCUT2D eigenvalue weighted by Crippen LogP contribution is 2.36. The number of carbonyl (C=O) groups is 3. The molecule has 0 aliphatic carbocycles. The number of aromatic amines is 1. The standard InChI is InChI=1S/C36H38N4O6/c1-17-23(9-11-33(43)45-7)29-16-30-24(10-12-34(44)46-8)18(2)26(38-30)14-31-36(22(6)42)20(4)28(40-31)15-32-35(21(5)41)19(3)27(39-32)13-25(17)37-29/h13-16,40,42H,9-12H2,1-8H3/b25-13?,30-16?,31-14?,32-15?,36-22-. The summed E-state index contributed by atoms with van der Waals surface area (Å²) in [6.45, 7) is 10.8. The van der Waals surface area contributed by atoms with Crippen LogP contribution in [0.25, 0.3) is 17.9 Å². The molecule has 0 unspecified atom stereocenters. The second kappa shape index (κ2) is 12.7. The average Bonchev–Trinajstić information content (AvgIpc) is 3.67. The summed E-state index contributed by atoms with van der Waals surface area (Å²) < 4.78 is 9.83. The van der Waals surface area contributed by atoms with Crippen molar-refractivity contribution in [3.63, 3.8) is 0 Å². The molecule has 4 aliphatic rings. The Morgan fingerprint density at radius 3 is 1.89 bits per heavy atom. The average molecular weight is 623 g/mol. The number of fused-ring (bicyclic) bond motifs is 5. The van der Waals surface area contributed by atoms with Crippen LogP contribution in [0.1, 0.15) is 71.6 Å². The zero-order valence-corrected chi connectivity index (χ0v) is 27.5. The molecule has 46 heavy (non-hydrogen) atoms. The number of Topliss-reactive ketones (excluding diaryl/α,β-unsaturated/α-hetero) is 1. The van der Waals surface area contributed by atoms with Gasteiger partial charge in [0.05, 0.1) is 59.6 Å². The summed E-state index contributed by atoms with van der Waals surface area (Å²) in [5, 5.41) is 12.0. The van der Waals surface area contributed by atoms with Gasteiger partial charge in [-0.2, -0.15) is 0 Å². The van der Waals surface area contributed by atoms with E-state index in [9.17, 15) is 19.5 Å². The molecule has 0 spiro atoms. The first-order chi connectivity index (χ1) is 21.8. The molecule has 0 fully saturated rings. The van der Waals surface area contributed by atoms with Crippen LogP contribution in [0.15, 0.2) is 77.7 Å². The Morgan fingerprint density at radius 1 is 0.717 bits per heavy atom. The number of ketones is 1. The van der Waals surface area contributed by atoms with Gasteiger partial charge in [0.1, 0.15) is 0 Å². The molecule has 1 aromatic rings. The summed E-state index contributed by atoms with van der Waals surface area (Å²) in [7, 11) is 2.73. The molecule has 0 atom stereocenters. The summed E-state index contributed by atoms with van der Waals surface area (Å²) in [4.78, 5) is 55.5. The molecule has 10 heteroatoms. The van der Waals surface area contributed by atoms with Gasteiger partial charge in [0, 0.05) is 29.3 Å². The van der Waals surface area contributed by atoms with E-state index in [4.69, 9.17) is 24.5 Å². The molecule has 5 rings (SSSR count). The van der Waals surface area contributed by atoms with Crippen LogP contribution in [0.3, 0.4) is 0 Å². The van der Waals surface area contributed by atoms with Crippen LogP contribution in [-0.2, 0) is 23.9 Å². The van der Waals surface area contributed by atoms with Gasteiger partial charge < -0.3 is 19.6 Å². The molecule has 4 aliphatic heterocycles. The predicted molar refractivity (Wildman–Crippen MR) is 179 cm³/mol. The van der Waals surface area contributed by atoms with E-state index in [-0.39, 0.29) is 36.3 Å². The number of allylic oxidation sites excluding steroid dienone is 8. The minimum absolute atomic E-state index is 0.113. The maximum atomic E-state index is 12.9. The van der Waals surface area contributed by atoms with Gasteiger partial charge in [-0.1, -0.05) is 0 Å². The number of esters is 2. The molecule has 0 saturated carbocycles. The first-order valence-electron chi connectivity index (χ1n) is 15.1. The fourth-order valence-corrected chi connectivity index (χ4v) is 6.23. The van der Waals surface area contributed by atoms with Crippen LogP contribution in [-0.4, -0.2) is 59.2 Å². The van der Waals surface area contributed by atoms with Gasteiger partial charge in [0.25, 0.3) is 0 Å². The lowest BCUT2D eigenvalue weighted by atomic mass is 9.96. The van der Waals surface area contributed by atoms with E-state index in [1.54, 1.807) is 6.92 Å². The number of aliphatic hydroxyl groups excluding tert-OH is 1. The minimum Gasteiger partial charge on any atom is -0.512 e. The number of H-pyrrole nitrogens is 1. The molecular weight excluding hydrogens is 584 g/mol. The maximum absolute atomic E-state index is 12.9. The van der Waals surface area contributed by atoms with E-state index in [1.807, 2.05) is 52.0 Å². The second-order valence-electron chi connectivity index (χ2n) is 11.7. The topological polar surface area (TPSA) is 143 Å². The monoisotopic (exact) mass is 622 g/mol. The number of aliphatic imine (C=N–C) groups is 3. The fraction of sp³-hybridized carbons (Fsp3) is 0.333. The van der Waals surface area contributed by atoms with Crippen molar-refractivity contribution in [3.8, 4) is 0 Å². The lowest BCUT2D eigenvalue weighted by Crippen LogP contribution is -2.27. The van der Waals surface area contributed by atoms with Crippen molar-refractivity contribution in [2.75, 3.05) is 14.2 Å². The molecule has 0 aromatic carbocycles. The normalized spacial score (nSPS) is 18.0. The molecule has 0 radical (unpaired) electrons. The smallest absolute Gasteiger partial charge is 0.305 e. The van der Waals surface area contributed by atoms with Gasteiger partial charge in [-0.25, -0.2) is 15.0 Å². The number of methoxy groups -OCH3 is 2. The van der Waals surface area contributed by atoms with Gasteiger partial charge in [-0.3, -0.25) is 14.4 Å². The zero-order chi connectivity index (χ0) is 33.4. The number of ether oxygens (including phenoxy) is 2. The largest absolute Gasteiger partial charge is 0.512 e. The number of nitrogens with one attached hydrogen (secondary N) is 1. The highest BCUT2D eigenvalue weighted by Gasteiger charge is 2.28. The Hall–Kier alpha value is -5.12. The van der Waals surface area contributed by atoms with Crippen LogP contribution in [0.5, 0.6) is 0 Å². The number of aromatic nitrogens is 1. The summed E-state index contributed by atoms with van der Waals surface area (Å²) in [5.41, 5.74) is 9.97. The molecule has 238 valence electrons. The highest BCUT2D eigenvalue weighted by atomic mass is 16.5. The predicted octanol–water partition coefficient (Wildman–Crippen LogP) is 4.72. The van der Waals surface area contributed by atoms with Crippen molar-refractivity contribution >= 4 is 52.8 Å². The summed E-state index contributed by atoms with van der Waals surface area (Å²) in [6.07, 6.45) is 8.59.